The molecule has 0 fully saturated rings. The maximum absolute atomic E-state index is 13.5. The van der Waals surface area contributed by atoms with Gasteiger partial charge >= 0.3 is 0 Å². The van der Waals surface area contributed by atoms with Gasteiger partial charge in [0.05, 0.1) is 11.7 Å². The molecule has 0 bridgehead atoms. The van der Waals surface area contributed by atoms with E-state index < -0.39 is 0 Å². The molecule has 2 atom stereocenters. The summed E-state index contributed by atoms with van der Waals surface area (Å²) >= 11 is 0. The Morgan fingerprint density at radius 2 is 1.67 bits per heavy atom. The van der Waals surface area contributed by atoms with E-state index in [1.54, 1.807) is 0 Å². The first-order valence-electron chi connectivity index (χ1n) is 10.6. The predicted octanol–water partition coefficient (Wildman–Crippen LogP) is 5.67. The van der Waals surface area contributed by atoms with Crippen molar-refractivity contribution in [3.05, 3.63) is 95.6 Å². The third-order valence-electron chi connectivity index (χ3n) is 5.62. The monoisotopic (exact) mass is 400 g/mol. The van der Waals surface area contributed by atoms with Gasteiger partial charge in [0, 0.05) is 17.8 Å². The lowest BCUT2D eigenvalue weighted by Crippen LogP contribution is -2.44. The number of amides is 1. The molecule has 154 valence electrons. The third-order valence-corrected chi connectivity index (χ3v) is 5.62. The molecule has 0 saturated heterocycles. The van der Waals surface area contributed by atoms with E-state index in [2.05, 4.69) is 31.3 Å². The summed E-state index contributed by atoms with van der Waals surface area (Å²) in [6, 6.07) is 26.0. The minimum Gasteiger partial charge on any atom is -0.490 e. The van der Waals surface area contributed by atoms with Crippen molar-refractivity contribution in [2.45, 2.75) is 39.0 Å². The van der Waals surface area contributed by atoms with E-state index in [1.807, 2.05) is 71.6 Å². The topological polar surface area (TPSA) is 41.6 Å². The molecule has 4 nitrogen and oxygen atoms in total. The third kappa shape index (κ3) is 4.18. The van der Waals surface area contributed by atoms with Gasteiger partial charge < -0.3 is 15.0 Å². The molecule has 0 saturated carbocycles. The van der Waals surface area contributed by atoms with Crippen molar-refractivity contribution < 1.29 is 9.53 Å². The van der Waals surface area contributed by atoms with Crippen molar-refractivity contribution in [2.75, 3.05) is 11.9 Å². The van der Waals surface area contributed by atoms with Gasteiger partial charge in [0.15, 0.2) is 0 Å². The van der Waals surface area contributed by atoms with Crippen molar-refractivity contribution >= 4 is 11.6 Å². The number of nitrogens with one attached hydrogen (secondary N) is 1. The van der Waals surface area contributed by atoms with Gasteiger partial charge in [0.1, 0.15) is 11.9 Å². The Morgan fingerprint density at radius 3 is 2.47 bits per heavy atom. The number of fused-ring (bicyclic) bond motifs is 1. The summed E-state index contributed by atoms with van der Waals surface area (Å²) in [5, 5.41) is 3.59. The molecule has 3 aromatic rings. The summed E-state index contributed by atoms with van der Waals surface area (Å²) in [5.74, 6) is 0.866. The van der Waals surface area contributed by atoms with Gasteiger partial charge in [-0.15, -0.1) is 0 Å². The summed E-state index contributed by atoms with van der Waals surface area (Å²) < 4.78 is 6.20. The number of hydrogen-bond donors (Lipinski definition) is 1. The van der Waals surface area contributed by atoms with Crippen LogP contribution in [0.5, 0.6) is 5.75 Å². The number of benzene rings is 3. The Hall–Kier alpha value is -3.27. The molecule has 1 amide bonds. The van der Waals surface area contributed by atoms with Gasteiger partial charge in [0.25, 0.3) is 5.91 Å². The molecule has 4 rings (SSSR count). The molecule has 3 aromatic carbocycles. The summed E-state index contributed by atoms with van der Waals surface area (Å²) in [4.78, 5) is 15.4. The molecule has 2 unspecified atom stereocenters. The molecule has 1 aliphatic rings. The van der Waals surface area contributed by atoms with Crippen molar-refractivity contribution in [3.63, 3.8) is 0 Å². The van der Waals surface area contributed by atoms with Crippen LogP contribution < -0.4 is 10.1 Å². The Kier molecular flexibility index (Phi) is 6.03. The number of carbonyl (C=O) groups is 1. The van der Waals surface area contributed by atoms with Crippen molar-refractivity contribution in [2.24, 2.45) is 0 Å². The molecule has 0 radical (unpaired) electrons. The minimum absolute atomic E-state index is 0.0450. The van der Waals surface area contributed by atoms with E-state index in [0.717, 1.165) is 29.8 Å². The molecule has 4 heteroatoms. The molecule has 1 heterocycles. The summed E-state index contributed by atoms with van der Waals surface area (Å²) in [6.45, 7) is 4.79. The quantitative estimate of drug-likeness (QED) is 0.555. The standard InChI is InChI=1S/C26H28N2O2/c1-3-19(2)30-24-16-10-8-14-22(24)25-27-23-15-9-7-13-21(23)26(29)28(25)18-17-20-11-5-4-6-12-20/h4-16,19,25,27H,3,17-18H2,1-2H3. The Labute approximate surface area is 178 Å². The highest BCUT2D eigenvalue weighted by Gasteiger charge is 2.34. The number of nitrogens with zero attached hydrogens (tertiary/aromatic N) is 1. The fourth-order valence-corrected chi connectivity index (χ4v) is 3.78. The Balaban J connectivity index is 1.69. The van der Waals surface area contributed by atoms with E-state index in [0.29, 0.717) is 12.1 Å². The highest BCUT2D eigenvalue weighted by Crippen LogP contribution is 2.37. The first kappa shape index (κ1) is 20.0. The average Bonchev–Trinajstić information content (AvgIpc) is 2.79. The molecular weight excluding hydrogens is 372 g/mol. The molecule has 1 N–H and O–H groups in total. The molecule has 1 aliphatic heterocycles. The second-order valence-electron chi connectivity index (χ2n) is 7.70. The van der Waals surface area contributed by atoms with Gasteiger partial charge in [-0.2, -0.15) is 0 Å². The number of ether oxygens (including phenoxy) is 1. The smallest absolute Gasteiger partial charge is 0.257 e. The Morgan fingerprint density at radius 1 is 0.967 bits per heavy atom. The lowest BCUT2D eigenvalue weighted by Gasteiger charge is -2.39. The van der Waals surface area contributed by atoms with E-state index in [1.165, 1.54) is 5.56 Å². The number of anilines is 1. The van der Waals surface area contributed by atoms with Gasteiger partial charge in [-0.1, -0.05) is 67.6 Å². The molecule has 30 heavy (non-hydrogen) atoms. The van der Waals surface area contributed by atoms with Gasteiger partial charge in [-0.25, -0.2) is 0 Å². The molecule has 0 aromatic heterocycles. The van der Waals surface area contributed by atoms with Crippen LogP contribution in [0.1, 0.15) is 47.9 Å². The fraction of sp³-hybridized carbons (Fsp3) is 0.269. The summed E-state index contributed by atoms with van der Waals surface area (Å²) in [7, 11) is 0. The van der Waals surface area contributed by atoms with E-state index in [-0.39, 0.29) is 18.2 Å². The van der Waals surface area contributed by atoms with Crippen LogP contribution in [0.2, 0.25) is 0 Å². The first-order chi connectivity index (χ1) is 14.7. The zero-order valence-corrected chi connectivity index (χ0v) is 17.5. The van der Waals surface area contributed by atoms with E-state index in [4.69, 9.17) is 4.74 Å². The second kappa shape index (κ2) is 9.04. The number of hydrogen-bond acceptors (Lipinski definition) is 3. The van der Waals surface area contributed by atoms with Crippen molar-refractivity contribution in [1.82, 2.24) is 4.90 Å². The first-order valence-corrected chi connectivity index (χ1v) is 10.6. The number of carbonyl (C=O) groups excluding carboxylic acids is 1. The average molecular weight is 401 g/mol. The summed E-state index contributed by atoms with van der Waals surface area (Å²) in [6.07, 6.45) is 1.54. The second-order valence-corrected chi connectivity index (χ2v) is 7.70. The fourth-order valence-electron chi connectivity index (χ4n) is 3.78. The molecule has 0 spiro atoms. The lowest BCUT2D eigenvalue weighted by molar-refractivity contribution is 0.0681. The maximum atomic E-state index is 13.5. The zero-order valence-electron chi connectivity index (χ0n) is 17.5. The molecular formula is C26H28N2O2. The normalized spacial score (nSPS) is 16.5. The largest absolute Gasteiger partial charge is 0.490 e. The summed E-state index contributed by atoms with van der Waals surface area (Å²) in [5.41, 5.74) is 3.77. The van der Waals surface area contributed by atoms with E-state index in [9.17, 15) is 4.79 Å². The van der Waals surface area contributed by atoms with Gasteiger partial charge in [0.2, 0.25) is 0 Å². The van der Waals surface area contributed by atoms with Gasteiger partial charge in [-0.3, -0.25) is 4.79 Å². The van der Waals surface area contributed by atoms with Crippen LogP contribution in [0.25, 0.3) is 0 Å². The Bertz CT molecular complexity index is 1000. The highest BCUT2D eigenvalue weighted by molar-refractivity contribution is 6.01. The maximum Gasteiger partial charge on any atom is 0.257 e. The lowest BCUT2D eigenvalue weighted by atomic mass is 10.0. The SMILES string of the molecule is CCC(C)Oc1ccccc1C1Nc2ccccc2C(=O)N1CCc1ccccc1. The van der Waals surface area contributed by atoms with Crippen LogP contribution in [0.4, 0.5) is 5.69 Å². The number of para-hydroxylation sites is 2. The minimum atomic E-state index is -0.281. The van der Waals surface area contributed by atoms with Crippen LogP contribution >= 0.6 is 0 Å². The number of rotatable bonds is 7. The van der Waals surface area contributed by atoms with Crippen molar-refractivity contribution in [1.29, 1.82) is 0 Å². The van der Waals surface area contributed by atoms with Gasteiger partial charge in [-0.05, 0) is 43.5 Å². The van der Waals surface area contributed by atoms with Crippen LogP contribution in [-0.4, -0.2) is 23.5 Å². The highest BCUT2D eigenvalue weighted by atomic mass is 16.5. The van der Waals surface area contributed by atoms with Crippen LogP contribution in [0.3, 0.4) is 0 Å². The van der Waals surface area contributed by atoms with Crippen LogP contribution in [0, 0.1) is 0 Å². The zero-order chi connectivity index (χ0) is 20.9. The predicted molar refractivity (Wildman–Crippen MR) is 121 cm³/mol. The molecule has 0 aliphatic carbocycles. The van der Waals surface area contributed by atoms with Crippen LogP contribution in [-0.2, 0) is 6.42 Å². The van der Waals surface area contributed by atoms with E-state index >= 15 is 0 Å². The van der Waals surface area contributed by atoms with Crippen LogP contribution in [0.15, 0.2) is 78.9 Å². The van der Waals surface area contributed by atoms with Crippen molar-refractivity contribution in [3.8, 4) is 5.75 Å².